The summed E-state index contributed by atoms with van der Waals surface area (Å²) < 4.78 is 61.2. The van der Waals surface area contributed by atoms with E-state index in [1.807, 2.05) is 0 Å². The van der Waals surface area contributed by atoms with E-state index in [4.69, 9.17) is 0 Å². The Morgan fingerprint density at radius 3 is 1.88 bits per heavy atom. The summed E-state index contributed by atoms with van der Waals surface area (Å²) in [6.07, 6.45) is 0. The Labute approximate surface area is 139 Å². The standard InChI is InChI=1S/C11H8N2O10S2/c14-12(15)8-5-6-3-1-2-4-7(6)9(10(8)13(16)17)11(24(18,19)20)25(21,22)23/h1-5,11H,(H,18,19,20)(H,21,22,23). The highest BCUT2D eigenvalue weighted by atomic mass is 32.3. The molecule has 0 aliphatic carbocycles. The van der Waals surface area contributed by atoms with Crippen molar-refractivity contribution in [3.63, 3.8) is 0 Å². The molecule has 12 nitrogen and oxygen atoms in total. The van der Waals surface area contributed by atoms with E-state index < -0.39 is 51.6 Å². The van der Waals surface area contributed by atoms with Gasteiger partial charge in [0, 0.05) is 6.07 Å². The highest BCUT2D eigenvalue weighted by Crippen LogP contribution is 2.44. The summed E-state index contributed by atoms with van der Waals surface area (Å²) in [5, 5.41) is 21.9. The van der Waals surface area contributed by atoms with Crippen molar-refractivity contribution in [2.24, 2.45) is 0 Å². The van der Waals surface area contributed by atoms with Gasteiger partial charge in [0.25, 0.3) is 20.2 Å². The zero-order valence-corrected chi connectivity index (χ0v) is 13.5. The average Bonchev–Trinajstić information content (AvgIpc) is 2.43. The average molecular weight is 392 g/mol. The highest BCUT2D eigenvalue weighted by molar-refractivity contribution is 8.03. The summed E-state index contributed by atoms with van der Waals surface area (Å²) in [4.78, 5) is 19.9. The van der Waals surface area contributed by atoms with E-state index in [2.05, 4.69) is 0 Å². The Morgan fingerprint density at radius 2 is 1.44 bits per heavy atom. The molecule has 0 amide bonds. The molecule has 0 saturated carbocycles. The molecule has 0 heterocycles. The number of nitro benzene ring substituents is 2. The molecule has 134 valence electrons. The molecule has 0 saturated heterocycles. The van der Waals surface area contributed by atoms with Gasteiger partial charge in [0.2, 0.25) is 4.58 Å². The van der Waals surface area contributed by atoms with Crippen molar-refractivity contribution >= 4 is 42.4 Å². The number of nitro groups is 2. The SMILES string of the molecule is O=[N+]([O-])c1cc2ccccc2c(C(S(=O)(=O)O)S(=O)(=O)O)c1[N+](=O)[O-]. The smallest absolute Gasteiger partial charge is 0.284 e. The van der Waals surface area contributed by atoms with Gasteiger partial charge in [-0.1, -0.05) is 24.3 Å². The lowest BCUT2D eigenvalue weighted by Crippen LogP contribution is -2.23. The molecule has 0 bridgehead atoms. The lowest BCUT2D eigenvalue weighted by Gasteiger charge is -2.14. The van der Waals surface area contributed by atoms with Crippen molar-refractivity contribution in [2.75, 3.05) is 0 Å². The van der Waals surface area contributed by atoms with Crippen molar-refractivity contribution < 1.29 is 35.8 Å². The third-order valence-corrected chi connectivity index (χ3v) is 6.21. The van der Waals surface area contributed by atoms with Gasteiger partial charge in [0.15, 0.2) is 0 Å². The van der Waals surface area contributed by atoms with E-state index in [-0.39, 0.29) is 10.8 Å². The molecule has 2 N–H and O–H groups in total. The molecular formula is C11H8N2O10S2. The maximum atomic E-state index is 11.5. The number of benzene rings is 2. The Hall–Kier alpha value is -2.68. The van der Waals surface area contributed by atoms with Crippen LogP contribution in [0.15, 0.2) is 30.3 Å². The highest BCUT2D eigenvalue weighted by Gasteiger charge is 2.46. The molecule has 25 heavy (non-hydrogen) atoms. The van der Waals surface area contributed by atoms with Crippen LogP contribution in [-0.2, 0) is 20.2 Å². The maximum Gasteiger partial charge on any atom is 0.352 e. The van der Waals surface area contributed by atoms with Crippen LogP contribution in [0.25, 0.3) is 10.8 Å². The van der Waals surface area contributed by atoms with Gasteiger partial charge >= 0.3 is 11.4 Å². The Kier molecular flexibility index (Phi) is 4.47. The lowest BCUT2D eigenvalue weighted by molar-refractivity contribution is -0.422. The lowest BCUT2D eigenvalue weighted by atomic mass is 10.0. The second-order valence-electron chi connectivity index (χ2n) is 4.76. The first-order valence-electron chi connectivity index (χ1n) is 6.12. The van der Waals surface area contributed by atoms with Crippen LogP contribution >= 0.6 is 0 Å². The van der Waals surface area contributed by atoms with Crippen LogP contribution in [0.1, 0.15) is 10.1 Å². The molecule has 2 aromatic rings. The third kappa shape index (κ3) is 3.41. The Morgan fingerprint density at radius 1 is 0.920 bits per heavy atom. The van der Waals surface area contributed by atoms with E-state index in [9.17, 15) is 46.2 Å². The fourth-order valence-corrected chi connectivity index (χ4v) is 4.67. The van der Waals surface area contributed by atoms with E-state index >= 15 is 0 Å². The number of nitrogens with zero attached hydrogens (tertiary/aromatic N) is 2. The molecular weight excluding hydrogens is 384 g/mol. The number of rotatable bonds is 5. The molecule has 0 unspecified atom stereocenters. The minimum atomic E-state index is -5.63. The predicted molar refractivity (Wildman–Crippen MR) is 83.1 cm³/mol. The molecule has 0 radical (unpaired) electrons. The van der Waals surface area contributed by atoms with Crippen molar-refractivity contribution in [1.29, 1.82) is 0 Å². The van der Waals surface area contributed by atoms with Crippen LogP contribution in [0.4, 0.5) is 11.4 Å². The van der Waals surface area contributed by atoms with Gasteiger partial charge in [-0.25, -0.2) is 0 Å². The van der Waals surface area contributed by atoms with Crippen LogP contribution in [0, 0.1) is 20.2 Å². The molecule has 0 spiro atoms. The molecule has 2 rings (SSSR count). The molecule has 0 aromatic heterocycles. The fraction of sp³-hybridized carbons (Fsp3) is 0.0909. The molecule has 0 atom stereocenters. The summed E-state index contributed by atoms with van der Waals surface area (Å²) in [6, 6.07) is 5.64. The van der Waals surface area contributed by atoms with Crippen LogP contribution in [-0.4, -0.2) is 35.8 Å². The second-order valence-corrected chi connectivity index (χ2v) is 8.06. The Balaban J connectivity index is 3.21. The van der Waals surface area contributed by atoms with Gasteiger partial charge in [-0.2, -0.15) is 16.8 Å². The van der Waals surface area contributed by atoms with Crippen LogP contribution < -0.4 is 0 Å². The topological polar surface area (TPSA) is 195 Å². The summed E-state index contributed by atoms with van der Waals surface area (Å²) in [5.41, 5.74) is -3.89. The van der Waals surface area contributed by atoms with Crippen molar-refractivity contribution in [3.05, 3.63) is 56.1 Å². The van der Waals surface area contributed by atoms with Crippen LogP contribution in [0.3, 0.4) is 0 Å². The molecule has 0 fully saturated rings. The van der Waals surface area contributed by atoms with Gasteiger partial charge < -0.3 is 0 Å². The summed E-state index contributed by atoms with van der Waals surface area (Å²) in [7, 11) is -11.3. The van der Waals surface area contributed by atoms with Crippen LogP contribution in [0.2, 0.25) is 0 Å². The van der Waals surface area contributed by atoms with Gasteiger partial charge in [0.1, 0.15) is 0 Å². The van der Waals surface area contributed by atoms with Gasteiger partial charge in [-0.05, 0) is 10.8 Å². The summed E-state index contributed by atoms with van der Waals surface area (Å²) in [6.45, 7) is 0. The second kappa shape index (κ2) is 5.99. The van der Waals surface area contributed by atoms with E-state index in [1.54, 1.807) is 0 Å². The van der Waals surface area contributed by atoms with E-state index in [1.165, 1.54) is 18.2 Å². The first-order chi connectivity index (χ1) is 11.4. The van der Waals surface area contributed by atoms with Crippen molar-refractivity contribution in [1.82, 2.24) is 0 Å². The zero-order chi connectivity index (χ0) is 19.2. The zero-order valence-electron chi connectivity index (χ0n) is 11.8. The molecule has 14 heteroatoms. The van der Waals surface area contributed by atoms with Crippen LogP contribution in [0.5, 0.6) is 0 Å². The first-order valence-corrected chi connectivity index (χ1v) is 9.13. The third-order valence-electron chi connectivity index (χ3n) is 3.20. The quantitative estimate of drug-likeness (QED) is 0.426. The molecule has 2 aromatic carbocycles. The monoisotopic (exact) mass is 392 g/mol. The van der Waals surface area contributed by atoms with Gasteiger partial charge in [0.05, 0.1) is 15.4 Å². The largest absolute Gasteiger partial charge is 0.352 e. The fourth-order valence-electron chi connectivity index (χ4n) is 2.37. The number of hydrogen-bond acceptors (Lipinski definition) is 8. The molecule has 0 aliphatic heterocycles. The van der Waals surface area contributed by atoms with Gasteiger partial charge in [-0.15, -0.1) is 0 Å². The van der Waals surface area contributed by atoms with Gasteiger partial charge in [-0.3, -0.25) is 29.3 Å². The summed E-state index contributed by atoms with van der Waals surface area (Å²) in [5.74, 6) is 0. The Bertz CT molecular complexity index is 1080. The predicted octanol–water partition coefficient (Wildman–Crippen LogP) is 1.43. The maximum absolute atomic E-state index is 11.5. The normalized spacial score (nSPS) is 12.4. The van der Waals surface area contributed by atoms with Crippen molar-refractivity contribution in [3.8, 4) is 0 Å². The van der Waals surface area contributed by atoms with Crippen molar-refractivity contribution in [2.45, 2.75) is 4.58 Å². The molecule has 0 aliphatic rings. The number of hydrogen-bond donors (Lipinski definition) is 2. The minimum Gasteiger partial charge on any atom is -0.284 e. The minimum absolute atomic E-state index is 0.105. The van der Waals surface area contributed by atoms with E-state index in [0.29, 0.717) is 0 Å². The summed E-state index contributed by atoms with van der Waals surface area (Å²) >= 11 is 0. The first kappa shape index (κ1) is 18.7. The number of fused-ring (bicyclic) bond motifs is 1. The van der Waals surface area contributed by atoms with E-state index in [0.717, 1.165) is 12.1 Å².